The lowest BCUT2D eigenvalue weighted by Crippen LogP contribution is -1.99. The van der Waals surface area contributed by atoms with Gasteiger partial charge in [0.05, 0.1) is 6.21 Å². The summed E-state index contributed by atoms with van der Waals surface area (Å²) in [5.74, 6) is 1.13. The Kier molecular flexibility index (Phi) is 4.10. The van der Waals surface area contributed by atoms with Gasteiger partial charge in [0.2, 0.25) is 5.95 Å². The summed E-state index contributed by atoms with van der Waals surface area (Å²) in [5, 5.41) is 4.23. The van der Waals surface area contributed by atoms with E-state index in [-0.39, 0.29) is 0 Å². The maximum atomic E-state index is 4.29. The topological polar surface area (TPSA) is 50.2 Å². The fourth-order valence-electron chi connectivity index (χ4n) is 2.44. The van der Waals surface area contributed by atoms with Crippen molar-refractivity contribution in [3.8, 4) is 0 Å². The molecular weight excluding hydrogens is 280 g/mol. The first kappa shape index (κ1) is 13.9. The molecule has 0 aromatic carbocycles. The fourth-order valence-corrected chi connectivity index (χ4v) is 3.43. The van der Waals surface area contributed by atoms with Crippen LogP contribution in [0.3, 0.4) is 0 Å². The lowest BCUT2D eigenvalue weighted by atomic mass is 10.1. The summed E-state index contributed by atoms with van der Waals surface area (Å²) in [6, 6.07) is 6.24. The summed E-state index contributed by atoms with van der Waals surface area (Å²) in [6.07, 6.45) is 8.81. The highest BCUT2D eigenvalue weighted by Gasteiger charge is 2.13. The molecule has 0 bridgehead atoms. The molecular formula is C16H18N4S. The van der Waals surface area contributed by atoms with Crippen LogP contribution in [0.5, 0.6) is 0 Å². The molecule has 0 radical (unpaired) electrons. The molecule has 1 N–H and O–H groups in total. The third kappa shape index (κ3) is 3.55. The molecule has 2 heterocycles. The first-order valence-electron chi connectivity index (χ1n) is 7.08. The van der Waals surface area contributed by atoms with Gasteiger partial charge in [-0.25, -0.2) is 15.4 Å². The van der Waals surface area contributed by atoms with E-state index in [0.29, 0.717) is 11.9 Å². The predicted molar refractivity (Wildman–Crippen MR) is 88.2 cm³/mol. The Bertz CT molecular complexity index is 667. The molecule has 3 rings (SSSR count). The first-order valence-corrected chi connectivity index (χ1v) is 7.90. The van der Waals surface area contributed by atoms with Gasteiger partial charge in [0, 0.05) is 27.1 Å². The van der Waals surface area contributed by atoms with Gasteiger partial charge in [-0.2, -0.15) is 5.10 Å². The summed E-state index contributed by atoms with van der Waals surface area (Å²) in [5.41, 5.74) is 4.77. The minimum atomic E-state index is 0.541. The summed E-state index contributed by atoms with van der Waals surface area (Å²) in [7, 11) is 0. The van der Waals surface area contributed by atoms with Crippen LogP contribution in [0.4, 0.5) is 5.95 Å². The van der Waals surface area contributed by atoms with Crippen molar-refractivity contribution >= 4 is 23.5 Å². The zero-order chi connectivity index (χ0) is 14.7. The second-order valence-electron chi connectivity index (χ2n) is 5.20. The van der Waals surface area contributed by atoms with E-state index in [1.165, 1.54) is 17.7 Å². The zero-order valence-electron chi connectivity index (χ0n) is 12.2. The van der Waals surface area contributed by atoms with Gasteiger partial charge in [-0.1, -0.05) is 12.2 Å². The highest BCUT2D eigenvalue weighted by molar-refractivity contribution is 7.13. The van der Waals surface area contributed by atoms with Crippen LogP contribution >= 0.6 is 11.3 Å². The third-order valence-electron chi connectivity index (χ3n) is 3.36. The standard InChI is InChI=1S/C16H18N4S/c1-11-9-12(2)19-16(18-11)20-17-10-14-7-8-15(21-14)13-5-3-4-6-13/h3,5,7-10,13H,4,6H2,1-2H3,(H,18,19,20)/b17-10-/t13-/m1/s1. The van der Waals surface area contributed by atoms with Crippen LogP contribution in [-0.2, 0) is 0 Å². The van der Waals surface area contributed by atoms with Crippen LogP contribution in [0.2, 0.25) is 0 Å². The van der Waals surface area contributed by atoms with E-state index < -0.39 is 0 Å². The second-order valence-corrected chi connectivity index (χ2v) is 6.34. The van der Waals surface area contributed by atoms with E-state index in [9.17, 15) is 0 Å². The molecule has 0 amide bonds. The maximum Gasteiger partial charge on any atom is 0.243 e. The van der Waals surface area contributed by atoms with E-state index in [1.807, 2.05) is 26.1 Å². The van der Waals surface area contributed by atoms with Gasteiger partial charge < -0.3 is 0 Å². The molecule has 0 fully saturated rings. The fraction of sp³-hybridized carbons (Fsp3) is 0.312. The largest absolute Gasteiger partial charge is 0.245 e. The Labute approximate surface area is 128 Å². The minimum absolute atomic E-state index is 0.541. The van der Waals surface area contributed by atoms with Gasteiger partial charge in [-0.05, 0) is 44.9 Å². The highest BCUT2D eigenvalue weighted by atomic mass is 32.1. The van der Waals surface area contributed by atoms with E-state index in [1.54, 1.807) is 11.3 Å². The van der Waals surface area contributed by atoms with Crippen molar-refractivity contribution in [1.82, 2.24) is 9.97 Å². The Hall–Kier alpha value is -2.01. The Balaban J connectivity index is 1.64. The van der Waals surface area contributed by atoms with Crippen molar-refractivity contribution in [2.45, 2.75) is 32.6 Å². The van der Waals surface area contributed by atoms with Gasteiger partial charge >= 0.3 is 0 Å². The molecule has 21 heavy (non-hydrogen) atoms. The molecule has 2 aromatic rings. The van der Waals surface area contributed by atoms with Crippen LogP contribution in [-0.4, -0.2) is 16.2 Å². The van der Waals surface area contributed by atoms with Crippen LogP contribution < -0.4 is 5.43 Å². The van der Waals surface area contributed by atoms with Crippen molar-refractivity contribution in [3.05, 3.63) is 51.5 Å². The summed E-state index contributed by atoms with van der Waals surface area (Å²) in [4.78, 5) is 11.1. The lowest BCUT2D eigenvalue weighted by molar-refractivity contribution is 0.815. The maximum absolute atomic E-state index is 4.29. The molecule has 5 heteroatoms. The summed E-state index contributed by atoms with van der Waals surface area (Å²) in [6.45, 7) is 3.90. The van der Waals surface area contributed by atoms with Gasteiger partial charge in [0.1, 0.15) is 0 Å². The van der Waals surface area contributed by atoms with Gasteiger partial charge in [-0.15, -0.1) is 11.3 Å². The molecule has 1 aliphatic carbocycles. The van der Waals surface area contributed by atoms with Crippen molar-refractivity contribution < 1.29 is 0 Å². The third-order valence-corrected chi connectivity index (χ3v) is 4.52. The molecule has 4 nitrogen and oxygen atoms in total. The van der Waals surface area contributed by atoms with Crippen molar-refractivity contribution in [1.29, 1.82) is 0 Å². The number of allylic oxidation sites excluding steroid dienone is 2. The molecule has 0 saturated carbocycles. The van der Waals surface area contributed by atoms with Gasteiger partial charge in [-0.3, -0.25) is 0 Å². The average Bonchev–Trinajstić information content (AvgIpc) is 3.08. The molecule has 0 saturated heterocycles. The Morgan fingerprint density at radius 2 is 2.10 bits per heavy atom. The molecule has 0 unspecified atom stereocenters. The lowest BCUT2D eigenvalue weighted by Gasteiger charge is -2.02. The number of hydrazone groups is 1. The first-order chi connectivity index (χ1) is 10.2. The van der Waals surface area contributed by atoms with Crippen molar-refractivity contribution in [3.63, 3.8) is 0 Å². The Morgan fingerprint density at radius 1 is 1.29 bits per heavy atom. The SMILES string of the molecule is Cc1cc(C)nc(N/N=C\c2ccc([C@@H]3C=CCC3)s2)n1. The van der Waals surface area contributed by atoms with Crippen molar-refractivity contribution in [2.24, 2.45) is 5.10 Å². The van der Waals surface area contributed by atoms with E-state index >= 15 is 0 Å². The number of anilines is 1. The smallest absolute Gasteiger partial charge is 0.243 e. The van der Waals surface area contributed by atoms with E-state index in [0.717, 1.165) is 16.3 Å². The molecule has 1 aliphatic rings. The van der Waals surface area contributed by atoms with Crippen LogP contribution in [0.15, 0.2) is 35.5 Å². The monoisotopic (exact) mass is 298 g/mol. The molecule has 0 aliphatic heterocycles. The average molecular weight is 298 g/mol. The predicted octanol–water partition coefficient (Wildman–Crippen LogP) is 4.03. The zero-order valence-corrected chi connectivity index (χ0v) is 13.0. The van der Waals surface area contributed by atoms with Gasteiger partial charge in [0.15, 0.2) is 0 Å². The number of rotatable bonds is 4. The quantitative estimate of drug-likeness (QED) is 0.526. The minimum Gasteiger partial charge on any atom is -0.245 e. The molecule has 2 aromatic heterocycles. The summed E-state index contributed by atoms with van der Waals surface area (Å²) >= 11 is 1.79. The summed E-state index contributed by atoms with van der Waals surface area (Å²) < 4.78 is 0. The number of aromatic nitrogens is 2. The number of thiophene rings is 1. The van der Waals surface area contributed by atoms with E-state index in [4.69, 9.17) is 0 Å². The normalized spacial score (nSPS) is 17.7. The van der Waals surface area contributed by atoms with Crippen LogP contribution in [0.25, 0.3) is 0 Å². The molecule has 1 atom stereocenters. The van der Waals surface area contributed by atoms with Gasteiger partial charge in [0.25, 0.3) is 0 Å². The number of nitrogens with one attached hydrogen (secondary N) is 1. The van der Waals surface area contributed by atoms with Crippen LogP contribution in [0.1, 0.15) is 39.9 Å². The van der Waals surface area contributed by atoms with Crippen LogP contribution in [0, 0.1) is 13.8 Å². The Morgan fingerprint density at radius 3 is 2.81 bits per heavy atom. The number of hydrogen-bond acceptors (Lipinski definition) is 5. The number of nitrogens with zero attached hydrogens (tertiary/aromatic N) is 3. The van der Waals surface area contributed by atoms with Crippen molar-refractivity contribution in [2.75, 3.05) is 5.43 Å². The molecule has 108 valence electrons. The number of aryl methyl sites for hydroxylation is 2. The molecule has 0 spiro atoms. The number of hydrogen-bond donors (Lipinski definition) is 1. The van der Waals surface area contributed by atoms with E-state index in [2.05, 4.69) is 44.8 Å². The highest BCUT2D eigenvalue weighted by Crippen LogP contribution is 2.32. The second kappa shape index (κ2) is 6.18.